The van der Waals surface area contributed by atoms with Gasteiger partial charge >= 0.3 is 0 Å². The lowest BCUT2D eigenvalue weighted by Crippen LogP contribution is -2.38. The van der Waals surface area contributed by atoms with Crippen LogP contribution in [0.5, 0.6) is 17.2 Å². The van der Waals surface area contributed by atoms with E-state index < -0.39 is 0 Å². The molecule has 160 valence electrons. The zero-order valence-electron chi connectivity index (χ0n) is 18.0. The van der Waals surface area contributed by atoms with Gasteiger partial charge in [-0.1, -0.05) is 18.2 Å². The van der Waals surface area contributed by atoms with Gasteiger partial charge in [-0.2, -0.15) is 0 Å². The molecule has 0 aliphatic rings. The Kier molecular flexibility index (Phi) is 7.43. The third-order valence-corrected chi connectivity index (χ3v) is 4.90. The Morgan fingerprint density at radius 2 is 1.73 bits per heavy atom. The van der Waals surface area contributed by atoms with Crippen LogP contribution in [-0.4, -0.2) is 45.4 Å². The maximum Gasteiger partial charge on any atom is 0.203 e. The Labute approximate surface area is 177 Å². The summed E-state index contributed by atoms with van der Waals surface area (Å²) in [6.45, 7) is 4.05. The van der Waals surface area contributed by atoms with Crippen molar-refractivity contribution in [1.29, 1.82) is 0 Å². The summed E-state index contributed by atoms with van der Waals surface area (Å²) in [6.07, 6.45) is 2.97. The number of hydrogen-bond donors (Lipinski definition) is 3. The molecular formula is C23H30N4O3. The molecule has 3 rings (SSSR count). The first-order valence-corrected chi connectivity index (χ1v) is 10.1. The molecule has 30 heavy (non-hydrogen) atoms. The van der Waals surface area contributed by atoms with Crippen molar-refractivity contribution in [3.63, 3.8) is 0 Å². The Hall–Kier alpha value is -3.35. The minimum atomic E-state index is 0.450. The number of aromatic nitrogens is 1. The summed E-state index contributed by atoms with van der Waals surface area (Å²) < 4.78 is 16.4. The zero-order chi connectivity index (χ0) is 21.3. The fraction of sp³-hybridized carbons (Fsp3) is 0.348. The van der Waals surface area contributed by atoms with Crippen LogP contribution in [0.4, 0.5) is 0 Å². The van der Waals surface area contributed by atoms with Crippen molar-refractivity contribution in [2.24, 2.45) is 4.99 Å². The summed E-state index contributed by atoms with van der Waals surface area (Å²) >= 11 is 0. The number of rotatable bonds is 9. The number of aromatic amines is 1. The van der Waals surface area contributed by atoms with Crippen LogP contribution >= 0.6 is 0 Å². The van der Waals surface area contributed by atoms with Crippen LogP contribution in [0.2, 0.25) is 0 Å². The van der Waals surface area contributed by atoms with Crippen LogP contribution in [0.3, 0.4) is 0 Å². The molecule has 0 amide bonds. The number of methoxy groups -OCH3 is 3. The Balaban J connectivity index is 1.69. The fourth-order valence-electron chi connectivity index (χ4n) is 3.45. The van der Waals surface area contributed by atoms with Crippen LogP contribution < -0.4 is 24.8 Å². The van der Waals surface area contributed by atoms with E-state index in [2.05, 4.69) is 40.0 Å². The molecule has 0 saturated heterocycles. The lowest BCUT2D eigenvalue weighted by atomic mass is 10.1. The minimum absolute atomic E-state index is 0.450. The SMILES string of the molecule is CCNC(=NCc1ccc(OC)c(OC)c1OC)NCCc1c[nH]c2ccccc12. The van der Waals surface area contributed by atoms with Gasteiger partial charge in [0, 0.05) is 35.8 Å². The van der Waals surface area contributed by atoms with E-state index in [4.69, 9.17) is 19.2 Å². The lowest BCUT2D eigenvalue weighted by molar-refractivity contribution is 0.322. The molecule has 0 unspecified atom stereocenters. The predicted molar refractivity (Wildman–Crippen MR) is 121 cm³/mol. The number of hydrogen-bond acceptors (Lipinski definition) is 4. The Morgan fingerprint density at radius 1 is 0.933 bits per heavy atom. The Morgan fingerprint density at radius 3 is 2.47 bits per heavy atom. The summed E-state index contributed by atoms with van der Waals surface area (Å²) in [5.41, 5.74) is 3.37. The molecule has 0 aliphatic carbocycles. The number of benzene rings is 2. The molecule has 0 bridgehead atoms. The van der Waals surface area contributed by atoms with E-state index in [-0.39, 0.29) is 0 Å². The van der Waals surface area contributed by atoms with Gasteiger partial charge in [0.15, 0.2) is 17.5 Å². The van der Waals surface area contributed by atoms with Crippen molar-refractivity contribution >= 4 is 16.9 Å². The molecule has 3 aromatic rings. The van der Waals surface area contributed by atoms with Crippen LogP contribution in [-0.2, 0) is 13.0 Å². The predicted octanol–water partition coefficient (Wildman–Crippen LogP) is 3.49. The second-order valence-electron chi connectivity index (χ2n) is 6.72. The molecule has 0 radical (unpaired) electrons. The maximum atomic E-state index is 5.55. The van der Waals surface area contributed by atoms with Gasteiger partial charge in [-0.25, -0.2) is 4.99 Å². The van der Waals surface area contributed by atoms with E-state index in [1.54, 1.807) is 21.3 Å². The zero-order valence-corrected chi connectivity index (χ0v) is 18.0. The highest BCUT2D eigenvalue weighted by atomic mass is 16.5. The molecule has 7 nitrogen and oxygen atoms in total. The van der Waals surface area contributed by atoms with Crippen LogP contribution in [0.15, 0.2) is 47.6 Å². The normalized spacial score (nSPS) is 11.4. The average molecular weight is 411 g/mol. The first-order valence-electron chi connectivity index (χ1n) is 10.1. The number of nitrogens with one attached hydrogen (secondary N) is 3. The summed E-state index contributed by atoms with van der Waals surface area (Å²) in [6, 6.07) is 12.1. The first-order chi connectivity index (χ1) is 14.7. The third kappa shape index (κ3) is 4.79. The van der Waals surface area contributed by atoms with Crippen molar-refractivity contribution in [2.45, 2.75) is 19.9 Å². The Bertz CT molecular complexity index is 997. The first kappa shape index (κ1) is 21.4. The van der Waals surface area contributed by atoms with E-state index >= 15 is 0 Å². The van der Waals surface area contributed by atoms with E-state index in [9.17, 15) is 0 Å². The van der Waals surface area contributed by atoms with Crippen molar-refractivity contribution < 1.29 is 14.2 Å². The average Bonchev–Trinajstić information content (AvgIpc) is 3.19. The van der Waals surface area contributed by atoms with Crippen molar-refractivity contribution in [2.75, 3.05) is 34.4 Å². The smallest absolute Gasteiger partial charge is 0.203 e. The van der Waals surface area contributed by atoms with E-state index in [0.717, 1.165) is 36.6 Å². The highest BCUT2D eigenvalue weighted by Gasteiger charge is 2.15. The number of H-pyrrole nitrogens is 1. The number of nitrogens with zero attached hydrogens (tertiary/aromatic N) is 1. The highest BCUT2D eigenvalue weighted by molar-refractivity contribution is 5.83. The molecule has 1 heterocycles. The van der Waals surface area contributed by atoms with Gasteiger partial charge in [0.2, 0.25) is 5.75 Å². The topological polar surface area (TPSA) is 79.9 Å². The van der Waals surface area contributed by atoms with Gasteiger partial charge in [-0.05, 0) is 37.1 Å². The van der Waals surface area contributed by atoms with Gasteiger partial charge in [0.1, 0.15) is 0 Å². The lowest BCUT2D eigenvalue weighted by Gasteiger charge is -2.15. The molecule has 0 atom stereocenters. The maximum absolute atomic E-state index is 5.55. The van der Waals surface area contributed by atoms with Crippen LogP contribution in [0.1, 0.15) is 18.1 Å². The molecule has 0 saturated carbocycles. The summed E-state index contributed by atoms with van der Waals surface area (Å²) in [5.74, 6) is 2.60. The number of guanidine groups is 1. The van der Waals surface area contributed by atoms with Crippen molar-refractivity contribution in [3.8, 4) is 17.2 Å². The molecular weight excluding hydrogens is 380 g/mol. The quantitative estimate of drug-likeness (QED) is 0.372. The van der Waals surface area contributed by atoms with Crippen molar-refractivity contribution in [3.05, 3.63) is 53.7 Å². The summed E-state index contributed by atoms with van der Waals surface area (Å²) in [4.78, 5) is 8.04. The van der Waals surface area contributed by atoms with Crippen LogP contribution in [0, 0.1) is 0 Å². The van der Waals surface area contributed by atoms with Gasteiger partial charge in [0.05, 0.1) is 27.9 Å². The number of para-hydroxylation sites is 1. The second-order valence-corrected chi connectivity index (χ2v) is 6.72. The minimum Gasteiger partial charge on any atom is -0.493 e. The fourth-order valence-corrected chi connectivity index (χ4v) is 3.45. The molecule has 0 spiro atoms. The second kappa shape index (κ2) is 10.4. The number of aliphatic imine (C=N–C) groups is 1. The standard InChI is InChI=1S/C23H30N4O3/c1-5-24-23(25-13-12-16-14-26-19-9-7-6-8-18(16)19)27-15-17-10-11-20(28-2)22(30-4)21(17)29-3/h6-11,14,26H,5,12-13,15H2,1-4H3,(H2,24,25,27). The summed E-state index contributed by atoms with van der Waals surface area (Å²) in [7, 11) is 4.83. The molecule has 1 aromatic heterocycles. The molecule has 7 heteroatoms. The largest absolute Gasteiger partial charge is 0.493 e. The third-order valence-electron chi connectivity index (χ3n) is 4.90. The highest BCUT2D eigenvalue weighted by Crippen LogP contribution is 2.39. The van der Waals surface area contributed by atoms with Crippen molar-refractivity contribution in [1.82, 2.24) is 15.6 Å². The van der Waals surface area contributed by atoms with E-state index in [0.29, 0.717) is 23.8 Å². The van der Waals surface area contributed by atoms with Gasteiger partial charge in [-0.3, -0.25) is 0 Å². The molecule has 0 fully saturated rings. The number of ether oxygens (including phenoxy) is 3. The van der Waals surface area contributed by atoms with Crippen LogP contribution in [0.25, 0.3) is 10.9 Å². The molecule has 2 aromatic carbocycles. The molecule has 0 aliphatic heterocycles. The van der Waals surface area contributed by atoms with Gasteiger partial charge in [0.25, 0.3) is 0 Å². The van der Waals surface area contributed by atoms with Gasteiger partial charge in [-0.15, -0.1) is 0 Å². The number of fused-ring (bicyclic) bond motifs is 1. The van der Waals surface area contributed by atoms with Gasteiger partial charge < -0.3 is 29.8 Å². The van der Waals surface area contributed by atoms with E-state index in [1.165, 1.54) is 10.9 Å². The summed E-state index contributed by atoms with van der Waals surface area (Å²) in [5, 5.41) is 7.96. The monoisotopic (exact) mass is 410 g/mol. The van der Waals surface area contributed by atoms with E-state index in [1.807, 2.05) is 25.1 Å². The molecule has 3 N–H and O–H groups in total.